The van der Waals surface area contributed by atoms with Gasteiger partial charge in [0.1, 0.15) is 12.1 Å². The number of para-hydroxylation sites is 1. The minimum absolute atomic E-state index is 0. The van der Waals surface area contributed by atoms with Crippen LogP contribution in [0.15, 0.2) is 42.5 Å². The molecule has 10 heteroatoms. The molecule has 2 aromatic carbocycles. The quantitative estimate of drug-likeness (QED) is 0.489. The van der Waals surface area contributed by atoms with Gasteiger partial charge in [0.2, 0.25) is 11.8 Å². The average molecular weight is 542 g/mol. The van der Waals surface area contributed by atoms with Gasteiger partial charge in [-0.15, -0.1) is 12.4 Å². The molecule has 1 aliphatic rings. The van der Waals surface area contributed by atoms with Crippen molar-refractivity contribution in [1.29, 1.82) is 0 Å². The minimum Gasteiger partial charge on any atom is -0.343 e. The Kier molecular flexibility index (Phi) is 10.4. The van der Waals surface area contributed by atoms with Gasteiger partial charge >= 0.3 is 0 Å². The summed E-state index contributed by atoms with van der Waals surface area (Å²) in [5.74, 6) is -1.20. The van der Waals surface area contributed by atoms with E-state index in [1.165, 1.54) is 4.90 Å². The van der Waals surface area contributed by atoms with E-state index in [1.807, 2.05) is 38.1 Å². The fourth-order valence-electron chi connectivity index (χ4n) is 4.00. The SMILES string of the molecule is CN[C@@H](C)C(=O)N[C@H](C(=O)N1CCc2ccccc2C1C(=O)Nc1c(Cl)cccc1Cl)C(C)C.Cl. The van der Waals surface area contributed by atoms with E-state index < -0.39 is 24.0 Å². The molecule has 7 nitrogen and oxygen atoms in total. The smallest absolute Gasteiger partial charge is 0.251 e. The Balaban J connectivity index is 0.00000432. The van der Waals surface area contributed by atoms with E-state index in [2.05, 4.69) is 16.0 Å². The summed E-state index contributed by atoms with van der Waals surface area (Å²) in [6.07, 6.45) is 0.601. The largest absolute Gasteiger partial charge is 0.343 e. The lowest BCUT2D eigenvalue weighted by molar-refractivity contribution is -0.144. The van der Waals surface area contributed by atoms with Gasteiger partial charge in [0.05, 0.1) is 21.8 Å². The Morgan fingerprint density at radius 2 is 1.63 bits per heavy atom. The summed E-state index contributed by atoms with van der Waals surface area (Å²) in [6.45, 7) is 5.79. The molecule has 190 valence electrons. The highest BCUT2D eigenvalue weighted by Gasteiger charge is 2.40. The van der Waals surface area contributed by atoms with Crippen LogP contribution in [0.4, 0.5) is 5.69 Å². The van der Waals surface area contributed by atoms with Crippen LogP contribution < -0.4 is 16.0 Å². The summed E-state index contributed by atoms with van der Waals surface area (Å²) >= 11 is 12.5. The van der Waals surface area contributed by atoms with Crippen LogP contribution in [0.3, 0.4) is 0 Å². The average Bonchev–Trinajstić information content (AvgIpc) is 2.82. The second-order valence-electron chi connectivity index (χ2n) is 8.71. The number of hydrogen-bond acceptors (Lipinski definition) is 4. The molecule has 0 fully saturated rings. The van der Waals surface area contributed by atoms with Gasteiger partial charge in [-0.25, -0.2) is 0 Å². The molecule has 2 aromatic rings. The third kappa shape index (κ3) is 6.47. The predicted molar refractivity (Wildman–Crippen MR) is 142 cm³/mol. The van der Waals surface area contributed by atoms with Crippen LogP contribution in [-0.2, 0) is 20.8 Å². The zero-order valence-corrected chi connectivity index (χ0v) is 22.4. The van der Waals surface area contributed by atoms with Crippen molar-refractivity contribution in [2.24, 2.45) is 5.92 Å². The van der Waals surface area contributed by atoms with Crippen LogP contribution >= 0.6 is 35.6 Å². The molecule has 0 saturated carbocycles. The van der Waals surface area contributed by atoms with Crippen molar-refractivity contribution in [3.63, 3.8) is 0 Å². The van der Waals surface area contributed by atoms with Gasteiger partial charge in [-0.2, -0.15) is 0 Å². The maximum Gasteiger partial charge on any atom is 0.251 e. The Morgan fingerprint density at radius 1 is 1.00 bits per heavy atom. The minimum atomic E-state index is -0.898. The lowest BCUT2D eigenvalue weighted by Crippen LogP contribution is -2.57. The second-order valence-corrected chi connectivity index (χ2v) is 9.52. The summed E-state index contributed by atoms with van der Waals surface area (Å²) in [4.78, 5) is 41.4. The summed E-state index contributed by atoms with van der Waals surface area (Å²) in [7, 11) is 1.68. The standard InChI is InChI=1S/C25H30Cl2N4O3.ClH/c1-14(2)20(29-23(32)15(3)28-4)25(34)31-13-12-16-8-5-6-9-17(16)22(31)24(33)30-21-18(26)10-7-11-19(21)27;/h5-11,14-15,20,22,28H,12-13H2,1-4H3,(H,29,32)(H,30,33);1H/t15-,20-,22?;/m0./s1. The van der Waals surface area contributed by atoms with Crippen LogP contribution in [-0.4, -0.2) is 48.3 Å². The number of nitrogens with zero attached hydrogens (tertiary/aromatic N) is 1. The molecule has 1 unspecified atom stereocenters. The van der Waals surface area contributed by atoms with E-state index >= 15 is 0 Å². The number of likely N-dealkylation sites (N-methyl/N-ethyl adjacent to an activating group) is 1. The number of nitrogens with one attached hydrogen (secondary N) is 3. The van der Waals surface area contributed by atoms with Crippen molar-refractivity contribution in [3.05, 3.63) is 63.6 Å². The summed E-state index contributed by atoms with van der Waals surface area (Å²) in [5, 5.41) is 9.15. The van der Waals surface area contributed by atoms with Gasteiger partial charge in [0, 0.05) is 6.54 Å². The van der Waals surface area contributed by atoms with Crippen LogP contribution in [0.1, 0.15) is 37.9 Å². The molecule has 3 atom stereocenters. The zero-order valence-electron chi connectivity index (χ0n) is 20.1. The van der Waals surface area contributed by atoms with Crippen LogP contribution in [0.25, 0.3) is 0 Å². The fraction of sp³-hybridized carbons (Fsp3) is 0.400. The maximum atomic E-state index is 13.8. The highest BCUT2D eigenvalue weighted by Crippen LogP contribution is 2.35. The van der Waals surface area contributed by atoms with Crippen LogP contribution in [0.2, 0.25) is 10.0 Å². The molecule has 0 saturated heterocycles. The number of amides is 3. The van der Waals surface area contributed by atoms with Crippen molar-refractivity contribution in [3.8, 4) is 0 Å². The number of carbonyl (C=O) groups is 3. The molecule has 0 spiro atoms. The molecule has 0 bridgehead atoms. The fourth-order valence-corrected chi connectivity index (χ4v) is 4.49. The summed E-state index contributed by atoms with van der Waals surface area (Å²) in [5.41, 5.74) is 2.02. The first-order chi connectivity index (χ1) is 16.1. The van der Waals surface area contributed by atoms with E-state index in [0.29, 0.717) is 28.7 Å². The van der Waals surface area contributed by atoms with E-state index in [0.717, 1.165) is 11.1 Å². The first-order valence-electron chi connectivity index (χ1n) is 11.3. The molecule has 0 aliphatic carbocycles. The monoisotopic (exact) mass is 540 g/mol. The number of carbonyl (C=O) groups excluding carboxylic acids is 3. The number of rotatable bonds is 7. The molecule has 3 amide bonds. The summed E-state index contributed by atoms with van der Waals surface area (Å²) in [6, 6.07) is 10.4. The van der Waals surface area contributed by atoms with E-state index in [4.69, 9.17) is 23.2 Å². The van der Waals surface area contributed by atoms with Crippen LogP contribution in [0, 0.1) is 5.92 Å². The van der Waals surface area contributed by atoms with Crippen LogP contribution in [0.5, 0.6) is 0 Å². The Bertz CT molecular complexity index is 1060. The van der Waals surface area contributed by atoms with Crippen molar-refractivity contribution < 1.29 is 14.4 Å². The normalized spacial score (nSPS) is 16.5. The molecule has 0 aromatic heterocycles. The van der Waals surface area contributed by atoms with Gasteiger partial charge in [0.25, 0.3) is 5.91 Å². The van der Waals surface area contributed by atoms with Crippen molar-refractivity contribution in [2.75, 3.05) is 18.9 Å². The Morgan fingerprint density at radius 3 is 2.23 bits per heavy atom. The molecular weight excluding hydrogens is 511 g/mol. The maximum absolute atomic E-state index is 13.8. The van der Waals surface area contributed by atoms with Crippen molar-refractivity contribution >= 4 is 59.0 Å². The lowest BCUT2D eigenvalue weighted by Gasteiger charge is -2.39. The molecule has 35 heavy (non-hydrogen) atoms. The molecule has 0 radical (unpaired) electrons. The second kappa shape index (κ2) is 12.6. The lowest BCUT2D eigenvalue weighted by atomic mass is 9.90. The highest BCUT2D eigenvalue weighted by atomic mass is 35.5. The Labute approximate surface area is 222 Å². The number of benzene rings is 2. The van der Waals surface area contributed by atoms with Gasteiger partial charge in [-0.3, -0.25) is 14.4 Å². The van der Waals surface area contributed by atoms with E-state index in [9.17, 15) is 14.4 Å². The Hall–Kier alpha value is -2.32. The predicted octanol–water partition coefficient (Wildman–Crippen LogP) is 4.23. The van der Waals surface area contributed by atoms with Gasteiger partial charge in [-0.1, -0.05) is 67.4 Å². The number of anilines is 1. The molecule has 3 N–H and O–H groups in total. The molecular formula is C25H31Cl3N4O3. The van der Waals surface area contributed by atoms with E-state index in [-0.39, 0.29) is 30.1 Å². The summed E-state index contributed by atoms with van der Waals surface area (Å²) < 4.78 is 0. The topological polar surface area (TPSA) is 90.5 Å². The number of halogens is 3. The van der Waals surface area contributed by atoms with Gasteiger partial charge in [0.15, 0.2) is 0 Å². The first kappa shape index (κ1) is 28.9. The first-order valence-corrected chi connectivity index (χ1v) is 12.0. The molecule has 1 heterocycles. The molecule has 3 rings (SSSR count). The zero-order chi connectivity index (χ0) is 25.0. The highest BCUT2D eigenvalue weighted by molar-refractivity contribution is 6.39. The van der Waals surface area contributed by atoms with E-state index in [1.54, 1.807) is 32.2 Å². The third-order valence-corrected chi connectivity index (χ3v) is 6.71. The van der Waals surface area contributed by atoms with Crippen molar-refractivity contribution in [2.45, 2.75) is 45.3 Å². The van der Waals surface area contributed by atoms with Crippen molar-refractivity contribution in [1.82, 2.24) is 15.5 Å². The number of fused-ring (bicyclic) bond motifs is 1. The molecule has 1 aliphatic heterocycles. The van der Waals surface area contributed by atoms with Gasteiger partial charge < -0.3 is 20.9 Å². The number of hydrogen-bond donors (Lipinski definition) is 3. The third-order valence-electron chi connectivity index (χ3n) is 6.08. The van der Waals surface area contributed by atoms with Gasteiger partial charge in [-0.05, 0) is 49.6 Å².